The number of hydrogen-bond acceptors (Lipinski definition) is 6. The molecule has 2 N–H and O–H groups in total. The molecule has 2 rings (SSSR count). The van der Waals surface area contributed by atoms with E-state index in [0.717, 1.165) is 10.6 Å². The van der Waals surface area contributed by atoms with Crippen molar-refractivity contribution in [1.29, 1.82) is 0 Å². The van der Waals surface area contributed by atoms with Crippen LogP contribution in [0.3, 0.4) is 0 Å². The maximum Gasteiger partial charge on any atom is 0.253 e. The van der Waals surface area contributed by atoms with Gasteiger partial charge < -0.3 is 20.1 Å². The molecule has 2 amide bonds. The molecular formula is C22H29N3O6S. The molecule has 2 aromatic rings. The van der Waals surface area contributed by atoms with Crippen molar-refractivity contribution in [2.75, 3.05) is 42.7 Å². The Balaban J connectivity index is 2.25. The molecule has 2 aromatic carbocycles. The molecule has 0 spiro atoms. The SMILES string of the molecule is CCOc1ccc(N([C@@H](C)C(=O)Nc2ccccc2C(=O)NCCOC)S(C)(=O)=O)cc1. The predicted octanol–water partition coefficient (Wildman–Crippen LogP) is 2.25. The first-order valence-corrected chi connectivity index (χ1v) is 11.9. The number of ether oxygens (including phenoxy) is 2. The second-order valence-corrected chi connectivity index (χ2v) is 8.80. The Kier molecular flexibility index (Phi) is 9.03. The number of rotatable bonds is 11. The molecule has 0 radical (unpaired) electrons. The van der Waals surface area contributed by atoms with Gasteiger partial charge in [-0.1, -0.05) is 12.1 Å². The molecule has 0 fully saturated rings. The van der Waals surface area contributed by atoms with Crippen molar-refractivity contribution >= 4 is 33.2 Å². The molecule has 9 nitrogen and oxygen atoms in total. The van der Waals surface area contributed by atoms with Crippen molar-refractivity contribution in [3.63, 3.8) is 0 Å². The average Bonchev–Trinajstić information content (AvgIpc) is 2.74. The van der Waals surface area contributed by atoms with Crippen LogP contribution in [0.1, 0.15) is 24.2 Å². The van der Waals surface area contributed by atoms with Crippen LogP contribution in [0.15, 0.2) is 48.5 Å². The summed E-state index contributed by atoms with van der Waals surface area (Å²) in [5, 5.41) is 5.37. The number of amides is 2. The number of methoxy groups -OCH3 is 1. The van der Waals surface area contributed by atoms with Crippen LogP contribution in [0, 0.1) is 0 Å². The van der Waals surface area contributed by atoms with Crippen molar-refractivity contribution in [1.82, 2.24) is 5.32 Å². The fourth-order valence-corrected chi connectivity index (χ4v) is 4.23. The highest BCUT2D eigenvalue weighted by Crippen LogP contribution is 2.25. The molecule has 174 valence electrons. The maximum atomic E-state index is 13.0. The van der Waals surface area contributed by atoms with E-state index in [1.807, 2.05) is 6.92 Å². The summed E-state index contributed by atoms with van der Waals surface area (Å²) in [6.45, 7) is 4.47. The third-order valence-electron chi connectivity index (χ3n) is 4.51. The van der Waals surface area contributed by atoms with Crippen LogP contribution >= 0.6 is 0 Å². The molecule has 0 aliphatic heterocycles. The Hall–Kier alpha value is -3.11. The zero-order chi connectivity index (χ0) is 23.7. The molecule has 0 aliphatic rings. The minimum absolute atomic E-state index is 0.260. The van der Waals surface area contributed by atoms with Crippen molar-refractivity contribution in [2.45, 2.75) is 19.9 Å². The first-order chi connectivity index (χ1) is 15.2. The van der Waals surface area contributed by atoms with Crippen LogP contribution in [-0.4, -0.2) is 59.4 Å². The number of carbonyl (C=O) groups excluding carboxylic acids is 2. The lowest BCUT2D eigenvalue weighted by Crippen LogP contribution is -2.45. The number of hydrogen-bond donors (Lipinski definition) is 2. The number of anilines is 2. The zero-order valence-electron chi connectivity index (χ0n) is 18.6. The standard InChI is InChI=1S/C22H29N3O6S/c1-5-31-18-12-10-17(11-13-18)25(32(4,28)29)16(2)21(26)24-20-9-7-6-8-19(20)22(27)23-14-15-30-3/h6-13,16H,5,14-15H2,1-4H3,(H,23,27)(H,24,26)/t16-/m0/s1. The highest BCUT2D eigenvalue weighted by atomic mass is 32.2. The van der Waals surface area contributed by atoms with Gasteiger partial charge in [-0.05, 0) is 50.2 Å². The molecule has 32 heavy (non-hydrogen) atoms. The van der Waals surface area contributed by atoms with Crippen molar-refractivity contribution in [2.24, 2.45) is 0 Å². The van der Waals surface area contributed by atoms with Gasteiger partial charge in [0, 0.05) is 13.7 Å². The Morgan fingerprint density at radius 3 is 2.34 bits per heavy atom. The van der Waals surface area contributed by atoms with Crippen LogP contribution in [0.25, 0.3) is 0 Å². The van der Waals surface area contributed by atoms with E-state index in [1.165, 1.54) is 14.0 Å². The molecule has 10 heteroatoms. The van der Waals surface area contributed by atoms with Gasteiger partial charge in [0.1, 0.15) is 11.8 Å². The van der Waals surface area contributed by atoms with Crippen LogP contribution in [0.2, 0.25) is 0 Å². The van der Waals surface area contributed by atoms with Crippen molar-refractivity contribution < 1.29 is 27.5 Å². The Labute approximate surface area is 188 Å². The molecule has 0 heterocycles. The molecule has 0 aliphatic carbocycles. The minimum atomic E-state index is -3.78. The quantitative estimate of drug-likeness (QED) is 0.494. The van der Waals surface area contributed by atoms with Gasteiger partial charge in [0.2, 0.25) is 15.9 Å². The maximum absolute atomic E-state index is 13.0. The topological polar surface area (TPSA) is 114 Å². The Bertz CT molecular complexity index is 1020. The summed E-state index contributed by atoms with van der Waals surface area (Å²) in [6, 6.07) is 11.9. The Morgan fingerprint density at radius 2 is 1.75 bits per heavy atom. The number of carbonyl (C=O) groups is 2. The van der Waals surface area contributed by atoms with E-state index in [9.17, 15) is 18.0 Å². The van der Waals surface area contributed by atoms with Crippen LogP contribution in [-0.2, 0) is 19.6 Å². The van der Waals surface area contributed by atoms with Gasteiger partial charge >= 0.3 is 0 Å². The van der Waals surface area contributed by atoms with E-state index in [1.54, 1.807) is 48.5 Å². The van der Waals surface area contributed by atoms with Crippen LogP contribution < -0.4 is 19.7 Å². The Morgan fingerprint density at radius 1 is 1.09 bits per heavy atom. The highest BCUT2D eigenvalue weighted by Gasteiger charge is 2.29. The highest BCUT2D eigenvalue weighted by molar-refractivity contribution is 7.92. The lowest BCUT2D eigenvalue weighted by molar-refractivity contribution is -0.116. The second kappa shape index (κ2) is 11.5. The zero-order valence-corrected chi connectivity index (χ0v) is 19.4. The lowest BCUT2D eigenvalue weighted by Gasteiger charge is -2.28. The summed E-state index contributed by atoms with van der Waals surface area (Å²) in [5.41, 5.74) is 0.861. The smallest absolute Gasteiger partial charge is 0.253 e. The molecule has 0 unspecified atom stereocenters. The third kappa shape index (κ3) is 6.69. The molecule has 0 saturated carbocycles. The van der Waals surface area contributed by atoms with Gasteiger partial charge in [-0.25, -0.2) is 8.42 Å². The molecule has 0 saturated heterocycles. The monoisotopic (exact) mass is 463 g/mol. The predicted molar refractivity (Wildman–Crippen MR) is 124 cm³/mol. The van der Waals surface area contributed by atoms with Gasteiger partial charge in [0.15, 0.2) is 0 Å². The third-order valence-corrected chi connectivity index (χ3v) is 5.75. The van der Waals surface area contributed by atoms with Crippen molar-refractivity contribution in [3.05, 3.63) is 54.1 Å². The van der Waals surface area contributed by atoms with Crippen LogP contribution in [0.4, 0.5) is 11.4 Å². The van der Waals surface area contributed by atoms with E-state index in [-0.39, 0.29) is 17.2 Å². The fourth-order valence-electron chi connectivity index (χ4n) is 3.05. The summed E-state index contributed by atoms with van der Waals surface area (Å²) >= 11 is 0. The number of nitrogens with zero attached hydrogens (tertiary/aromatic N) is 1. The fraction of sp³-hybridized carbons (Fsp3) is 0.364. The van der Waals surface area contributed by atoms with E-state index < -0.39 is 22.0 Å². The number of para-hydroxylation sites is 1. The lowest BCUT2D eigenvalue weighted by atomic mass is 10.1. The largest absolute Gasteiger partial charge is 0.494 e. The summed E-state index contributed by atoms with van der Waals surface area (Å²) in [5.74, 6) is -0.367. The summed E-state index contributed by atoms with van der Waals surface area (Å²) in [4.78, 5) is 25.4. The van der Waals surface area contributed by atoms with E-state index in [2.05, 4.69) is 10.6 Å². The minimum Gasteiger partial charge on any atom is -0.494 e. The number of sulfonamides is 1. The van der Waals surface area contributed by atoms with Crippen molar-refractivity contribution in [3.8, 4) is 5.75 Å². The second-order valence-electron chi connectivity index (χ2n) is 6.95. The van der Waals surface area contributed by atoms with Gasteiger partial charge in [-0.2, -0.15) is 0 Å². The van der Waals surface area contributed by atoms with Gasteiger partial charge in [0.05, 0.1) is 36.4 Å². The average molecular weight is 464 g/mol. The summed E-state index contributed by atoms with van der Waals surface area (Å²) < 4.78 is 36.3. The van der Waals surface area contributed by atoms with Gasteiger partial charge in [-0.15, -0.1) is 0 Å². The summed E-state index contributed by atoms with van der Waals surface area (Å²) in [6.07, 6.45) is 1.03. The molecular weight excluding hydrogens is 434 g/mol. The van der Waals surface area contributed by atoms with Gasteiger partial charge in [-0.3, -0.25) is 13.9 Å². The molecule has 0 bridgehead atoms. The molecule has 1 atom stereocenters. The van der Waals surface area contributed by atoms with E-state index in [4.69, 9.17) is 9.47 Å². The summed E-state index contributed by atoms with van der Waals surface area (Å²) in [7, 11) is -2.26. The first-order valence-electron chi connectivity index (χ1n) is 10.1. The molecule has 0 aromatic heterocycles. The number of nitrogens with one attached hydrogen (secondary N) is 2. The normalized spacial score (nSPS) is 12.0. The van der Waals surface area contributed by atoms with Crippen LogP contribution in [0.5, 0.6) is 5.75 Å². The van der Waals surface area contributed by atoms with E-state index in [0.29, 0.717) is 31.2 Å². The van der Waals surface area contributed by atoms with Gasteiger partial charge in [0.25, 0.3) is 5.91 Å². The van der Waals surface area contributed by atoms with E-state index >= 15 is 0 Å². The number of benzene rings is 2. The first kappa shape index (κ1) is 25.2.